The second-order valence-electron chi connectivity index (χ2n) is 4.91. The van der Waals surface area contributed by atoms with Crippen LogP contribution >= 0.6 is 0 Å². The van der Waals surface area contributed by atoms with Crippen LogP contribution in [0.4, 0.5) is 0 Å². The standard InChI is InChI=1S/C15H14O4/c1-15(2,14(18)19-3)11-8-12(16)9-6-4-5-7-10(9)13(11)17/h4-8H,1-3H3. The van der Waals surface area contributed by atoms with Gasteiger partial charge < -0.3 is 4.74 Å². The van der Waals surface area contributed by atoms with Crippen molar-refractivity contribution in [2.24, 2.45) is 5.41 Å². The molecule has 1 aliphatic rings. The van der Waals surface area contributed by atoms with Crippen LogP contribution in [0.25, 0.3) is 0 Å². The number of rotatable bonds is 2. The first-order chi connectivity index (χ1) is 8.89. The van der Waals surface area contributed by atoms with Crippen LogP contribution in [-0.4, -0.2) is 24.6 Å². The van der Waals surface area contributed by atoms with Crippen molar-refractivity contribution in [3.05, 3.63) is 47.0 Å². The molecule has 0 fully saturated rings. The fourth-order valence-corrected chi connectivity index (χ4v) is 2.14. The molecule has 1 aromatic rings. The summed E-state index contributed by atoms with van der Waals surface area (Å²) in [5, 5.41) is 0. The topological polar surface area (TPSA) is 60.4 Å². The number of hydrogen-bond acceptors (Lipinski definition) is 4. The quantitative estimate of drug-likeness (QED) is 0.763. The minimum absolute atomic E-state index is 0.169. The van der Waals surface area contributed by atoms with Crippen LogP contribution < -0.4 is 0 Å². The van der Waals surface area contributed by atoms with Crippen molar-refractivity contribution in [3.8, 4) is 0 Å². The zero-order chi connectivity index (χ0) is 14.2. The lowest BCUT2D eigenvalue weighted by molar-refractivity contribution is -0.148. The number of carbonyl (C=O) groups excluding carboxylic acids is 3. The van der Waals surface area contributed by atoms with Crippen molar-refractivity contribution in [2.45, 2.75) is 13.8 Å². The number of esters is 1. The zero-order valence-electron chi connectivity index (χ0n) is 11.0. The minimum atomic E-state index is -1.14. The summed E-state index contributed by atoms with van der Waals surface area (Å²) in [5.74, 6) is -1.10. The van der Waals surface area contributed by atoms with Gasteiger partial charge in [-0.2, -0.15) is 0 Å². The number of carbonyl (C=O) groups is 3. The van der Waals surface area contributed by atoms with Crippen molar-refractivity contribution in [1.29, 1.82) is 0 Å². The van der Waals surface area contributed by atoms with Gasteiger partial charge in [-0.05, 0) is 19.9 Å². The molecule has 0 unspecified atom stereocenters. The van der Waals surface area contributed by atoms with Gasteiger partial charge in [0.15, 0.2) is 11.6 Å². The van der Waals surface area contributed by atoms with Gasteiger partial charge in [-0.15, -0.1) is 0 Å². The maximum absolute atomic E-state index is 12.4. The van der Waals surface area contributed by atoms with E-state index < -0.39 is 11.4 Å². The lowest BCUT2D eigenvalue weighted by atomic mass is 9.75. The Hall–Kier alpha value is -2.23. The molecule has 1 aliphatic carbocycles. The molecule has 0 aromatic heterocycles. The van der Waals surface area contributed by atoms with E-state index in [2.05, 4.69) is 0 Å². The summed E-state index contributed by atoms with van der Waals surface area (Å²) in [7, 11) is 1.26. The Labute approximate surface area is 111 Å². The van der Waals surface area contributed by atoms with Crippen LogP contribution in [-0.2, 0) is 9.53 Å². The van der Waals surface area contributed by atoms with Gasteiger partial charge >= 0.3 is 5.97 Å². The van der Waals surface area contributed by atoms with Crippen LogP contribution in [0, 0.1) is 5.41 Å². The molecule has 0 atom stereocenters. The summed E-state index contributed by atoms with van der Waals surface area (Å²) in [6.45, 7) is 3.15. The number of allylic oxidation sites excluding steroid dienone is 1. The first-order valence-corrected chi connectivity index (χ1v) is 5.88. The normalized spacial score (nSPS) is 14.8. The van der Waals surface area contributed by atoms with Gasteiger partial charge in [-0.1, -0.05) is 24.3 Å². The third kappa shape index (κ3) is 1.99. The van der Waals surface area contributed by atoms with Crippen LogP contribution in [0.1, 0.15) is 34.6 Å². The monoisotopic (exact) mass is 258 g/mol. The van der Waals surface area contributed by atoms with E-state index in [1.807, 2.05) is 0 Å². The lowest BCUT2D eigenvalue weighted by Crippen LogP contribution is -2.34. The smallest absolute Gasteiger partial charge is 0.315 e. The Morgan fingerprint density at radius 3 is 2.26 bits per heavy atom. The molecule has 0 spiro atoms. The van der Waals surface area contributed by atoms with Crippen LogP contribution in [0.15, 0.2) is 35.9 Å². The van der Waals surface area contributed by atoms with E-state index in [0.29, 0.717) is 11.1 Å². The molecule has 0 radical (unpaired) electrons. The molecule has 0 saturated carbocycles. The Morgan fingerprint density at radius 1 is 1.11 bits per heavy atom. The molecule has 0 saturated heterocycles. The van der Waals surface area contributed by atoms with Gasteiger partial charge in [-0.3, -0.25) is 14.4 Å². The summed E-state index contributed by atoms with van der Waals surface area (Å²) in [6, 6.07) is 6.59. The van der Waals surface area contributed by atoms with Crippen LogP contribution in [0.2, 0.25) is 0 Å². The molecule has 1 aromatic carbocycles. The summed E-state index contributed by atoms with van der Waals surface area (Å²) in [6.07, 6.45) is 1.24. The molecule has 0 aliphatic heterocycles. The number of fused-ring (bicyclic) bond motifs is 1. The molecular weight excluding hydrogens is 244 g/mol. The Bertz CT molecular complexity index is 608. The summed E-state index contributed by atoms with van der Waals surface area (Å²) in [4.78, 5) is 36.2. The summed E-state index contributed by atoms with van der Waals surface area (Å²) in [5.41, 5.74) is -0.267. The van der Waals surface area contributed by atoms with Crippen LogP contribution in [0.5, 0.6) is 0 Å². The van der Waals surface area contributed by atoms with Gasteiger partial charge in [0.2, 0.25) is 0 Å². The lowest BCUT2D eigenvalue weighted by Gasteiger charge is -2.26. The molecule has 0 N–H and O–H groups in total. The highest BCUT2D eigenvalue weighted by atomic mass is 16.5. The average molecular weight is 258 g/mol. The largest absolute Gasteiger partial charge is 0.468 e. The maximum atomic E-state index is 12.4. The van der Waals surface area contributed by atoms with Crippen molar-refractivity contribution in [3.63, 3.8) is 0 Å². The predicted octanol–water partition coefficient (Wildman–Crippen LogP) is 2.19. The van der Waals surface area contributed by atoms with E-state index in [9.17, 15) is 14.4 Å². The van der Waals surface area contributed by atoms with E-state index in [4.69, 9.17) is 4.74 Å². The molecule has 2 rings (SSSR count). The van der Waals surface area contributed by atoms with Gasteiger partial charge in [0.25, 0.3) is 0 Å². The molecule has 4 heteroatoms. The molecular formula is C15H14O4. The third-order valence-corrected chi connectivity index (χ3v) is 3.33. The first kappa shape index (κ1) is 13.2. The van der Waals surface area contributed by atoms with Gasteiger partial charge in [-0.25, -0.2) is 0 Å². The van der Waals surface area contributed by atoms with Gasteiger partial charge in [0, 0.05) is 16.7 Å². The second-order valence-corrected chi connectivity index (χ2v) is 4.91. The highest BCUT2D eigenvalue weighted by molar-refractivity contribution is 6.26. The predicted molar refractivity (Wildman–Crippen MR) is 69.0 cm³/mol. The fourth-order valence-electron chi connectivity index (χ4n) is 2.14. The molecule has 0 amide bonds. The Kier molecular flexibility index (Phi) is 3.10. The van der Waals surface area contributed by atoms with Crippen molar-refractivity contribution in [1.82, 2.24) is 0 Å². The van der Waals surface area contributed by atoms with E-state index in [-0.39, 0.29) is 17.1 Å². The Morgan fingerprint density at radius 2 is 1.68 bits per heavy atom. The van der Waals surface area contributed by atoms with Crippen molar-refractivity contribution in [2.75, 3.05) is 7.11 Å². The van der Waals surface area contributed by atoms with E-state index in [1.54, 1.807) is 38.1 Å². The molecule has 4 nitrogen and oxygen atoms in total. The maximum Gasteiger partial charge on any atom is 0.315 e. The van der Waals surface area contributed by atoms with Crippen molar-refractivity contribution < 1.29 is 19.1 Å². The summed E-state index contributed by atoms with van der Waals surface area (Å²) < 4.78 is 4.70. The second kappa shape index (κ2) is 4.46. The molecule has 0 heterocycles. The fraction of sp³-hybridized carbons (Fsp3) is 0.267. The first-order valence-electron chi connectivity index (χ1n) is 5.88. The van der Waals surface area contributed by atoms with Gasteiger partial charge in [0.05, 0.1) is 12.5 Å². The molecule has 98 valence electrons. The number of methoxy groups -OCH3 is 1. The number of Topliss-reactive ketones (excluding diaryl/α,β-unsaturated/α-hetero) is 1. The van der Waals surface area contributed by atoms with E-state index in [1.165, 1.54) is 13.2 Å². The Balaban J connectivity index is 2.55. The zero-order valence-corrected chi connectivity index (χ0v) is 11.0. The number of ketones is 2. The SMILES string of the molecule is COC(=O)C(C)(C)C1=CC(=O)c2ccccc2C1=O. The van der Waals surface area contributed by atoms with Gasteiger partial charge in [0.1, 0.15) is 0 Å². The van der Waals surface area contributed by atoms with Crippen LogP contribution in [0.3, 0.4) is 0 Å². The number of ether oxygens (including phenoxy) is 1. The third-order valence-electron chi connectivity index (χ3n) is 3.33. The van der Waals surface area contributed by atoms with E-state index in [0.717, 1.165) is 0 Å². The van der Waals surface area contributed by atoms with Crippen molar-refractivity contribution >= 4 is 17.5 Å². The average Bonchev–Trinajstić information content (AvgIpc) is 2.41. The molecule has 0 bridgehead atoms. The highest BCUT2D eigenvalue weighted by Gasteiger charge is 2.40. The number of hydrogen-bond donors (Lipinski definition) is 0. The summed E-state index contributed by atoms with van der Waals surface area (Å²) >= 11 is 0. The minimum Gasteiger partial charge on any atom is -0.468 e. The highest BCUT2D eigenvalue weighted by Crippen LogP contribution is 2.34. The number of benzene rings is 1. The molecule has 19 heavy (non-hydrogen) atoms. The van der Waals surface area contributed by atoms with E-state index >= 15 is 0 Å².